The molecule has 0 radical (unpaired) electrons. The summed E-state index contributed by atoms with van der Waals surface area (Å²) in [6.07, 6.45) is 1.31. The molecule has 0 spiro atoms. The average molecular weight is 394 g/mol. The van der Waals surface area contributed by atoms with Crippen molar-refractivity contribution in [1.82, 2.24) is 30.6 Å². The van der Waals surface area contributed by atoms with Crippen LogP contribution in [0.3, 0.4) is 0 Å². The highest BCUT2D eigenvalue weighted by Crippen LogP contribution is 2.33. The van der Waals surface area contributed by atoms with Gasteiger partial charge in [-0.2, -0.15) is 0 Å². The number of benzene rings is 1. The smallest absolute Gasteiger partial charge is 0.247 e. The second kappa shape index (κ2) is 7.23. The Morgan fingerprint density at radius 1 is 0.621 bits per heavy atom. The number of hydrogen-bond donors (Lipinski definition) is 0. The zero-order valence-electron chi connectivity index (χ0n) is 17.1. The molecule has 0 N–H and O–H groups in total. The third-order valence-electron chi connectivity index (χ3n) is 4.28. The van der Waals surface area contributed by atoms with Crippen LogP contribution >= 0.6 is 0 Å². The summed E-state index contributed by atoms with van der Waals surface area (Å²) in [6.45, 7) is 9.96. The van der Waals surface area contributed by atoms with Crippen LogP contribution in [-0.2, 0) is 18.3 Å². The molecule has 4 rings (SSSR count). The molecule has 0 amide bonds. The summed E-state index contributed by atoms with van der Waals surface area (Å²) < 4.78 is 17.4. The Bertz CT molecular complexity index is 1070. The Morgan fingerprint density at radius 3 is 1.38 bits per heavy atom. The van der Waals surface area contributed by atoms with E-state index in [1.54, 1.807) is 0 Å². The van der Waals surface area contributed by atoms with Gasteiger partial charge in [-0.15, -0.1) is 30.6 Å². The van der Waals surface area contributed by atoms with Crippen LogP contribution in [0.2, 0.25) is 0 Å². The first-order valence-electron chi connectivity index (χ1n) is 9.52. The molecule has 0 unspecified atom stereocenters. The van der Waals surface area contributed by atoms with E-state index < -0.39 is 0 Å². The fourth-order valence-corrected chi connectivity index (χ4v) is 2.67. The van der Waals surface area contributed by atoms with E-state index in [9.17, 15) is 0 Å². The Hall–Kier alpha value is -3.36. The molecule has 3 aromatic heterocycles. The quantitative estimate of drug-likeness (QED) is 0.489. The van der Waals surface area contributed by atoms with E-state index in [0.29, 0.717) is 64.9 Å². The zero-order valence-corrected chi connectivity index (χ0v) is 17.1. The van der Waals surface area contributed by atoms with Crippen LogP contribution in [-0.4, -0.2) is 30.6 Å². The fraction of sp³-hybridized carbons (Fsp3) is 0.400. The van der Waals surface area contributed by atoms with Crippen LogP contribution in [0.4, 0.5) is 0 Å². The Balaban J connectivity index is 1.84. The topological polar surface area (TPSA) is 117 Å². The molecule has 0 aliphatic carbocycles. The lowest BCUT2D eigenvalue weighted by Gasteiger charge is -2.11. The van der Waals surface area contributed by atoms with Crippen LogP contribution in [0.25, 0.3) is 34.4 Å². The molecule has 29 heavy (non-hydrogen) atoms. The van der Waals surface area contributed by atoms with Crippen LogP contribution in [0, 0.1) is 0 Å². The molecule has 3 heterocycles. The second-order valence-corrected chi connectivity index (χ2v) is 7.67. The SMILES string of the molecule is CCc1nnc(-c2cc(-c3nnc(CC)o3)cc(-c3nnc(C(C)(C)C)o3)c2)o1. The zero-order chi connectivity index (χ0) is 20.6. The molecule has 0 saturated carbocycles. The first-order chi connectivity index (χ1) is 13.9. The lowest BCUT2D eigenvalue weighted by molar-refractivity contribution is 0.399. The van der Waals surface area contributed by atoms with Gasteiger partial charge in [0, 0.05) is 34.9 Å². The van der Waals surface area contributed by atoms with Crippen molar-refractivity contribution in [2.45, 2.75) is 52.9 Å². The number of rotatable bonds is 5. The summed E-state index contributed by atoms with van der Waals surface area (Å²) in [5, 5.41) is 24.8. The molecule has 1 aromatic carbocycles. The molecular weight excluding hydrogens is 372 g/mol. The summed E-state index contributed by atoms with van der Waals surface area (Å²) in [5.41, 5.74) is 1.86. The summed E-state index contributed by atoms with van der Waals surface area (Å²) in [6, 6.07) is 5.60. The van der Waals surface area contributed by atoms with E-state index >= 15 is 0 Å². The van der Waals surface area contributed by atoms with Gasteiger partial charge in [-0.1, -0.05) is 34.6 Å². The van der Waals surface area contributed by atoms with Crippen molar-refractivity contribution >= 4 is 0 Å². The molecule has 0 bridgehead atoms. The van der Waals surface area contributed by atoms with Crippen LogP contribution in [0.5, 0.6) is 0 Å². The molecular formula is C20H22N6O3. The highest BCUT2D eigenvalue weighted by atomic mass is 16.4. The average Bonchev–Trinajstić information content (AvgIpc) is 3.47. The number of aryl methyl sites for hydroxylation is 2. The highest BCUT2D eigenvalue weighted by Gasteiger charge is 2.23. The molecule has 4 aromatic rings. The fourth-order valence-electron chi connectivity index (χ4n) is 2.67. The number of aromatic nitrogens is 6. The third kappa shape index (κ3) is 3.80. The van der Waals surface area contributed by atoms with Gasteiger partial charge in [0.2, 0.25) is 35.3 Å². The lowest BCUT2D eigenvalue weighted by Crippen LogP contribution is -2.11. The largest absolute Gasteiger partial charge is 0.421 e. The van der Waals surface area contributed by atoms with E-state index in [1.165, 1.54) is 0 Å². The van der Waals surface area contributed by atoms with Crippen LogP contribution < -0.4 is 0 Å². The maximum Gasteiger partial charge on any atom is 0.247 e. The van der Waals surface area contributed by atoms with Crippen molar-refractivity contribution in [3.63, 3.8) is 0 Å². The van der Waals surface area contributed by atoms with E-state index in [2.05, 4.69) is 30.6 Å². The maximum absolute atomic E-state index is 5.91. The van der Waals surface area contributed by atoms with Crippen LogP contribution in [0.15, 0.2) is 31.5 Å². The second-order valence-electron chi connectivity index (χ2n) is 7.67. The summed E-state index contributed by atoms with van der Waals surface area (Å²) >= 11 is 0. The van der Waals surface area contributed by atoms with Crippen molar-refractivity contribution in [2.75, 3.05) is 0 Å². The van der Waals surface area contributed by atoms with E-state index in [-0.39, 0.29) is 5.41 Å². The first kappa shape index (κ1) is 19.0. The predicted molar refractivity (Wildman–Crippen MR) is 104 cm³/mol. The van der Waals surface area contributed by atoms with Gasteiger partial charge in [0.1, 0.15) is 0 Å². The predicted octanol–water partition coefficient (Wildman–Crippen LogP) is 4.26. The molecule has 0 aliphatic heterocycles. The van der Waals surface area contributed by atoms with Gasteiger partial charge in [0.25, 0.3) is 0 Å². The van der Waals surface area contributed by atoms with Crippen molar-refractivity contribution in [2.24, 2.45) is 0 Å². The third-order valence-corrected chi connectivity index (χ3v) is 4.28. The van der Waals surface area contributed by atoms with E-state index in [0.717, 1.165) is 0 Å². The summed E-state index contributed by atoms with van der Waals surface area (Å²) in [7, 11) is 0. The van der Waals surface area contributed by atoms with E-state index in [4.69, 9.17) is 13.3 Å². The molecule has 0 saturated heterocycles. The van der Waals surface area contributed by atoms with Gasteiger partial charge in [-0.3, -0.25) is 0 Å². The van der Waals surface area contributed by atoms with Gasteiger partial charge in [0.15, 0.2) is 0 Å². The van der Waals surface area contributed by atoms with Crippen molar-refractivity contribution < 1.29 is 13.3 Å². The number of nitrogens with zero attached hydrogens (tertiary/aromatic N) is 6. The minimum absolute atomic E-state index is 0.253. The van der Waals surface area contributed by atoms with Gasteiger partial charge in [0.05, 0.1) is 0 Å². The van der Waals surface area contributed by atoms with Gasteiger partial charge < -0.3 is 13.3 Å². The van der Waals surface area contributed by atoms with Gasteiger partial charge in [-0.25, -0.2) is 0 Å². The standard InChI is InChI=1S/C20H22N6O3/c1-6-14-21-23-16(27-14)11-8-12(17-24-22-15(7-2)28-17)10-13(9-11)18-25-26-19(29-18)20(3,4)5/h8-10H,6-7H2,1-5H3. The van der Waals surface area contributed by atoms with Gasteiger partial charge in [-0.05, 0) is 18.2 Å². The normalized spacial score (nSPS) is 11.9. The lowest BCUT2D eigenvalue weighted by atomic mass is 9.97. The minimum Gasteiger partial charge on any atom is -0.421 e. The number of hydrogen-bond acceptors (Lipinski definition) is 9. The van der Waals surface area contributed by atoms with Crippen LogP contribution in [0.1, 0.15) is 52.3 Å². The van der Waals surface area contributed by atoms with Crippen molar-refractivity contribution in [3.8, 4) is 34.4 Å². The van der Waals surface area contributed by atoms with Crippen molar-refractivity contribution in [1.29, 1.82) is 0 Å². The molecule has 9 nitrogen and oxygen atoms in total. The Morgan fingerprint density at radius 2 is 1.03 bits per heavy atom. The van der Waals surface area contributed by atoms with E-state index in [1.807, 2.05) is 52.8 Å². The monoisotopic (exact) mass is 394 g/mol. The Labute approximate surface area is 167 Å². The first-order valence-corrected chi connectivity index (χ1v) is 9.52. The minimum atomic E-state index is -0.253. The van der Waals surface area contributed by atoms with Crippen molar-refractivity contribution in [3.05, 3.63) is 35.9 Å². The molecule has 150 valence electrons. The summed E-state index contributed by atoms with van der Waals surface area (Å²) in [5.74, 6) is 2.86. The molecule has 0 fully saturated rings. The summed E-state index contributed by atoms with van der Waals surface area (Å²) in [4.78, 5) is 0. The molecule has 9 heteroatoms. The Kier molecular flexibility index (Phi) is 4.73. The van der Waals surface area contributed by atoms with Gasteiger partial charge >= 0.3 is 0 Å². The molecule has 0 atom stereocenters. The highest BCUT2D eigenvalue weighted by molar-refractivity contribution is 5.73. The maximum atomic E-state index is 5.91. The molecule has 0 aliphatic rings.